The maximum Gasteiger partial charge on any atom is 0.439 e. The van der Waals surface area contributed by atoms with Gasteiger partial charge in [-0.2, -0.15) is 52.7 Å². The molecule has 0 heterocycles. The molecule has 0 amide bonds. The lowest BCUT2D eigenvalue weighted by Gasteiger charge is -2.28. The summed E-state index contributed by atoms with van der Waals surface area (Å²) in [5, 5.41) is 0. The second-order valence-corrected chi connectivity index (χ2v) is 6.40. The second kappa shape index (κ2) is 5.40. The Kier molecular flexibility index (Phi) is 5.40. The predicted molar refractivity (Wildman–Crippen MR) is 39.1 cm³/mol. The average Bonchev–Trinajstić information content (AvgIpc) is 1.91. The molecule has 0 aliphatic heterocycles. The number of hydrogen-bond donors (Lipinski definition) is 0. The molecule has 0 aliphatic rings. The first-order valence-electron chi connectivity index (χ1n) is 3.53. The molecule has 0 unspecified atom stereocenters. The zero-order valence-corrected chi connectivity index (χ0v) is 9.63. The Balaban J connectivity index is 5.43. The van der Waals surface area contributed by atoms with Crippen molar-refractivity contribution in [3.05, 3.63) is 0 Å². The fraction of sp³-hybridized carbons (Fsp3) is 1.00. The molecule has 1 nitrogen and oxygen atoms in total. The van der Waals surface area contributed by atoms with Gasteiger partial charge >= 0.3 is 23.7 Å². The fourth-order valence-electron chi connectivity index (χ4n) is 0.554. The van der Waals surface area contributed by atoms with Crippen molar-refractivity contribution in [1.82, 2.24) is 0 Å². The van der Waals surface area contributed by atoms with Gasteiger partial charge in [-0.1, -0.05) is 0 Å². The summed E-state index contributed by atoms with van der Waals surface area (Å²) in [6.45, 7) is 0. The average molecular weight is 354 g/mol. The number of alkyl halides is 12. The van der Waals surface area contributed by atoms with E-state index in [4.69, 9.17) is 0 Å². The summed E-state index contributed by atoms with van der Waals surface area (Å²) in [4.78, 5) is 0. The third kappa shape index (κ3) is 5.86. The molecule has 0 aliphatic carbocycles. The first-order chi connectivity index (χ1) is 7.97. The summed E-state index contributed by atoms with van der Waals surface area (Å²) in [7, 11) is -11.8. The normalized spacial score (nSPS) is 15.5. The van der Waals surface area contributed by atoms with Gasteiger partial charge in [0, 0.05) is 0 Å². The molecule has 0 bridgehead atoms. The number of halogens is 12. The van der Waals surface area contributed by atoms with E-state index in [9.17, 15) is 52.7 Å². The molecule has 0 N–H and O–H groups in total. The van der Waals surface area contributed by atoms with Gasteiger partial charge in [-0.3, -0.25) is 0 Å². The van der Waals surface area contributed by atoms with Gasteiger partial charge in [-0.15, -0.1) is 0 Å². The molecule has 116 valence electrons. The molecular weight excluding hydrogens is 354 g/mol. The van der Waals surface area contributed by atoms with Crippen LogP contribution in [0.3, 0.4) is 0 Å². The highest BCUT2D eigenvalue weighted by Gasteiger charge is 2.67. The largest absolute Gasteiger partial charge is 0.439 e. The van der Waals surface area contributed by atoms with Crippen molar-refractivity contribution >= 4 is 16.3 Å². The Morgan fingerprint density at radius 2 is 0.579 bits per heavy atom. The highest BCUT2D eigenvalue weighted by atomic mass is 31.2. The summed E-state index contributed by atoms with van der Waals surface area (Å²) < 4.78 is 144. The topological polar surface area (TPSA) is 9.23 Å². The minimum absolute atomic E-state index is 2.34. The molecule has 0 radical (unpaired) electrons. The minimum Gasteiger partial charge on any atom is -0.304 e. The van der Waals surface area contributed by atoms with Crippen molar-refractivity contribution in [2.24, 2.45) is 0 Å². The van der Waals surface area contributed by atoms with Crippen molar-refractivity contribution in [3.63, 3.8) is 0 Å². The lowest BCUT2D eigenvalue weighted by Crippen LogP contribution is -2.24. The maximum absolute atomic E-state index is 11.8. The van der Waals surface area contributed by atoms with Crippen LogP contribution in [-0.2, 0) is 4.31 Å². The fourth-order valence-corrected chi connectivity index (χ4v) is 3.26. The van der Waals surface area contributed by atoms with E-state index in [0.717, 1.165) is 0 Å². The van der Waals surface area contributed by atoms with Crippen molar-refractivity contribution in [2.45, 2.75) is 23.7 Å². The van der Waals surface area contributed by atoms with Crippen LogP contribution in [0, 0.1) is 0 Å². The van der Waals surface area contributed by atoms with Crippen LogP contribution in [-0.4, -0.2) is 23.7 Å². The van der Waals surface area contributed by atoms with Crippen LogP contribution in [0.15, 0.2) is 0 Å². The van der Waals surface area contributed by atoms with Crippen molar-refractivity contribution < 1.29 is 57.0 Å². The monoisotopic (exact) mass is 354 g/mol. The van der Waals surface area contributed by atoms with E-state index in [2.05, 4.69) is 4.31 Å². The molecule has 19 heavy (non-hydrogen) atoms. The van der Waals surface area contributed by atoms with Crippen LogP contribution >= 0.6 is 16.3 Å². The standard InChI is InChI=1S/C4F12OP2/c5-1(6,7)18(2(8,9)10)17-19(3(11,12)13)4(14,15)16. The highest BCUT2D eigenvalue weighted by Crippen LogP contribution is 2.77. The Labute approximate surface area is 98.1 Å². The molecule has 0 spiro atoms. The Morgan fingerprint density at radius 3 is 0.684 bits per heavy atom. The van der Waals surface area contributed by atoms with Gasteiger partial charge in [-0.25, -0.2) is 0 Å². The Bertz CT molecular complexity index is 239. The first-order valence-corrected chi connectivity index (χ1v) is 6.05. The van der Waals surface area contributed by atoms with Crippen molar-refractivity contribution in [3.8, 4) is 0 Å². The molecule has 0 aromatic rings. The molecule has 0 aromatic heterocycles. The van der Waals surface area contributed by atoms with Crippen molar-refractivity contribution in [1.29, 1.82) is 0 Å². The molecule has 15 heteroatoms. The molecule has 0 saturated heterocycles. The van der Waals surface area contributed by atoms with E-state index in [0.29, 0.717) is 0 Å². The van der Waals surface area contributed by atoms with E-state index >= 15 is 0 Å². The summed E-state index contributed by atoms with van der Waals surface area (Å²) in [5.41, 5.74) is 0. The van der Waals surface area contributed by atoms with E-state index < -0.39 is 40.0 Å². The lowest BCUT2D eigenvalue weighted by atomic mass is 11.5. The van der Waals surface area contributed by atoms with E-state index in [1.54, 1.807) is 0 Å². The van der Waals surface area contributed by atoms with E-state index in [1.807, 2.05) is 0 Å². The first kappa shape index (κ1) is 19.0. The minimum atomic E-state index is -6.40. The van der Waals surface area contributed by atoms with Crippen LogP contribution in [0.25, 0.3) is 0 Å². The molecule has 0 fully saturated rings. The van der Waals surface area contributed by atoms with Gasteiger partial charge in [0.05, 0.1) is 0 Å². The number of rotatable bonds is 2. The van der Waals surface area contributed by atoms with Crippen LogP contribution in [0.4, 0.5) is 52.7 Å². The summed E-state index contributed by atoms with van der Waals surface area (Å²) in [6.07, 6.45) is 0. The molecule has 0 aromatic carbocycles. The van der Waals surface area contributed by atoms with Gasteiger partial charge in [0.2, 0.25) is 0 Å². The van der Waals surface area contributed by atoms with E-state index in [1.165, 1.54) is 0 Å². The van der Waals surface area contributed by atoms with Crippen LogP contribution in [0.1, 0.15) is 0 Å². The van der Waals surface area contributed by atoms with Gasteiger partial charge < -0.3 is 4.31 Å². The SMILES string of the molecule is FC(F)(F)P(OP(C(F)(F)F)C(F)(F)F)C(F)(F)F. The van der Waals surface area contributed by atoms with Crippen LogP contribution < -0.4 is 0 Å². The maximum atomic E-state index is 11.8. The molecule has 0 atom stereocenters. The summed E-state index contributed by atoms with van der Waals surface area (Å²) in [5.74, 6) is -25.6. The smallest absolute Gasteiger partial charge is 0.304 e. The Morgan fingerprint density at radius 1 is 0.421 bits per heavy atom. The second-order valence-electron chi connectivity index (χ2n) is 2.54. The summed E-state index contributed by atoms with van der Waals surface area (Å²) >= 11 is 0. The summed E-state index contributed by atoms with van der Waals surface area (Å²) in [6, 6.07) is 0. The van der Waals surface area contributed by atoms with Gasteiger partial charge in [-0.05, 0) is 0 Å². The Hall–Kier alpha value is -0.0200. The van der Waals surface area contributed by atoms with E-state index in [-0.39, 0.29) is 0 Å². The zero-order valence-electron chi connectivity index (χ0n) is 7.84. The van der Waals surface area contributed by atoms with Crippen LogP contribution in [0.2, 0.25) is 0 Å². The van der Waals surface area contributed by atoms with Gasteiger partial charge in [0.1, 0.15) is 0 Å². The van der Waals surface area contributed by atoms with Crippen molar-refractivity contribution in [2.75, 3.05) is 0 Å². The van der Waals surface area contributed by atoms with Gasteiger partial charge in [0.15, 0.2) is 0 Å². The third-order valence-electron chi connectivity index (χ3n) is 1.08. The quantitative estimate of drug-likeness (QED) is 0.445. The molecule has 0 saturated carbocycles. The molecular formula is C4F12OP2. The predicted octanol–water partition coefficient (Wildman–Crippen LogP) is 5.88. The van der Waals surface area contributed by atoms with Crippen LogP contribution in [0.5, 0.6) is 0 Å². The molecule has 0 rings (SSSR count). The lowest BCUT2D eigenvalue weighted by molar-refractivity contribution is -0.105. The van der Waals surface area contributed by atoms with Gasteiger partial charge in [0.25, 0.3) is 16.3 Å². The third-order valence-corrected chi connectivity index (χ3v) is 4.23. The highest BCUT2D eigenvalue weighted by molar-refractivity contribution is 7.67. The zero-order chi connectivity index (χ0) is 15.9. The number of hydrogen-bond acceptors (Lipinski definition) is 1.